The van der Waals surface area contributed by atoms with Crippen LogP contribution in [0.15, 0.2) is 72.8 Å². The van der Waals surface area contributed by atoms with Gasteiger partial charge in [-0.2, -0.15) is 0 Å². The van der Waals surface area contributed by atoms with E-state index < -0.39 is 0 Å². The molecule has 4 rings (SSSR count). The second-order valence-corrected chi connectivity index (χ2v) is 7.24. The molecule has 0 bridgehead atoms. The second-order valence-electron chi connectivity index (χ2n) is 7.24. The highest BCUT2D eigenvalue weighted by Crippen LogP contribution is 2.25. The third-order valence-electron chi connectivity index (χ3n) is 4.96. The van der Waals surface area contributed by atoms with E-state index in [1.54, 1.807) is 6.07 Å². The van der Waals surface area contributed by atoms with Crippen molar-refractivity contribution in [2.45, 2.75) is 19.4 Å². The Morgan fingerprint density at radius 1 is 1.03 bits per heavy atom. The van der Waals surface area contributed by atoms with Crippen LogP contribution in [0.5, 0.6) is 5.75 Å². The van der Waals surface area contributed by atoms with Crippen molar-refractivity contribution in [1.29, 1.82) is 0 Å². The maximum atomic E-state index is 12.5. The van der Waals surface area contributed by atoms with Gasteiger partial charge in [-0.1, -0.05) is 48.5 Å². The van der Waals surface area contributed by atoms with E-state index in [0.717, 1.165) is 22.2 Å². The first-order valence-corrected chi connectivity index (χ1v) is 10.2. The minimum Gasteiger partial charge on any atom is -0.481 e. The SMILES string of the molecule is C[C@H](NC(=O)COc1ccc(CCO)cc1-n1nc2ccccc2n1)c1ccccc1. The summed E-state index contributed by atoms with van der Waals surface area (Å²) in [7, 11) is 0. The van der Waals surface area contributed by atoms with Gasteiger partial charge >= 0.3 is 0 Å². The quantitative estimate of drug-likeness (QED) is 0.460. The predicted octanol–water partition coefficient (Wildman–Crippen LogP) is 3.21. The molecular weight excluding hydrogens is 392 g/mol. The molecule has 1 aromatic heterocycles. The van der Waals surface area contributed by atoms with Gasteiger partial charge in [0, 0.05) is 6.61 Å². The van der Waals surface area contributed by atoms with Gasteiger partial charge in [-0.05, 0) is 48.7 Å². The molecule has 1 heterocycles. The Bertz CT molecular complexity index is 1140. The molecule has 1 amide bonds. The molecule has 31 heavy (non-hydrogen) atoms. The first-order chi connectivity index (χ1) is 15.1. The van der Waals surface area contributed by atoms with Crippen molar-refractivity contribution < 1.29 is 14.6 Å². The molecule has 0 radical (unpaired) electrons. The average Bonchev–Trinajstić information content (AvgIpc) is 3.23. The fourth-order valence-electron chi connectivity index (χ4n) is 3.34. The highest BCUT2D eigenvalue weighted by Gasteiger charge is 2.14. The predicted molar refractivity (Wildman–Crippen MR) is 118 cm³/mol. The molecule has 0 aliphatic rings. The first-order valence-electron chi connectivity index (χ1n) is 10.2. The van der Waals surface area contributed by atoms with E-state index in [1.165, 1.54) is 4.80 Å². The van der Waals surface area contributed by atoms with Crippen molar-refractivity contribution in [1.82, 2.24) is 20.3 Å². The van der Waals surface area contributed by atoms with Gasteiger partial charge in [0.15, 0.2) is 6.61 Å². The number of amides is 1. The van der Waals surface area contributed by atoms with E-state index in [2.05, 4.69) is 15.5 Å². The minimum atomic E-state index is -0.222. The summed E-state index contributed by atoms with van der Waals surface area (Å²) >= 11 is 0. The molecular formula is C24H24N4O3. The number of nitrogens with zero attached hydrogens (tertiary/aromatic N) is 3. The zero-order chi connectivity index (χ0) is 21.6. The number of hydrogen-bond donors (Lipinski definition) is 2. The molecule has 3 aromatic carbocycles. The van der Waals surface area contributed by atoms with Crippen LogP contribution < -0.4 is 10.1 Å². The van der Waals surface area contributed by atoms with E-state index in [9.17, 15) is 9.90 Å². The highest BCUT2D eigenvalue weighted by molar-refractivity contribution is 5.78. The van der Waals surface area contributed by atoms with Crippen molar-refractivity contribution in [3.05, 3.63) is 83.9 Å². The normalized spacial score (nSPS) is 11.9. The maximum absolute atomic E-state index is 12.5. The molecule has 7 nitrogen and oxygen atoms in total. The fourth-order valence-corrected chi connectivity index (χ4v) is 3.34. The molecule has 7 heteroatoms. The summed E-state index contributed by atoms with van der Waals surface area (Å²) in [5.74, 6) is 0.268. The van der Waals surface area contributed by atoms with Gasteiger partial charge in [-0.3, -0.25) is 4.79 Å². The van der Waals surface area contributed by atoms with Crippen LogP contribution in [-0.2, 0) is 11.2 Å². The van der Waals surface area contributed by atoms with Gasteiger partial charge in [0.05, 0.1) is 6.04 Å². The summed E-state index contributed by atoms with van der Waals surface area (Å²) < 4.78 is 5.84. The fraction of sp³-hybridized carbons (Fsp3) is 0.208. The number of aliphatic hydroxyl groups is 1. The molecule has 0 spiro atoms. The lowest BCUT2D eigenvalue weighted by Crippen LogP contribution is -2.31. The Balaban J connectivity index is 1.53. The number of fused-ring (bicyclic) bond motifs is 1. The summed E-state index contributed by atoms with van der Waals surface area (Å²) in [5, 5.41) is 21.3. The third kappa shape index (κ3) is 4.90. The van der Waals surface area contributed by atoms with Crippen molar-refractivity contribution >= 4 is 16.9 Å². The van der Waals surface area contributed by atoms with Gasteiger partial charge in [-0.15, -0.1) is 15.0 Å². The van der Waals surface area contributed by atoms with E-state index in [4.69, 9.17) is 4.74 Å². The summed E-state index contributed by atoms with van der Waals surface area (Å²) in [6.07, 6.45) is 0.503. The van der Waals surface area contributed by atoms with Crippen molar-refractivity contribution in [2.75, 3.05) is 13.2 Å². The first kappa shape index (κ1) is 20.6. The maximum Gasteiger partial charge on any atom is 0.258 e. The standard InChI is InChI=1S/C24H24N4O3/c1-17(19-7-3-2-4-8-19)25-24(30)16-31-23-12-11-18(13-14-29)15-22(23)28-26-20-9-5-6-10-21(20)27-28/h2-12,15,17,29H,13-14,16H2,1H3,(H,25,30)/t17-/m0/s1. The van der Waals surface area contributed by atoms with Gasteiger partial charge in [0.25, 0.3) is 5.91 Å². The van der Waals surface area contributed by atoms with Gasteiger partial charge < -0.3 is 15.2 Å². The molecule has 0 unspecified atom stereocenters. The number of aliphatic hydroxyl groups excluding tert-OH is 1. The van der Waals surface area contributed by atoms with E-state index in [-0.39, 0.29) is 25.2 Å². The molecule has 4 aromatic rings. The molecule has 0 fully saturated rings. The molecule has 0 saturated heterocycles. The summed E-state index contributed by atoms with van der Waals surface area (Å²) in [4.78, 5) is 14.0. The van der Waals surface area contributed by atoms with E-state index in [1.807, 2.05) is 73.7 Å². The number of hydrogen-bond acceptors (Lipinski definition) is 5. The smallest absolute Gasteiger partial charge is 0.258 e. The Hall–Kier alpha value is -3.71. The Labute approximate surface area is 180 Å². The molecule has 2 N–H and O–H groups in total. The zero-order valence-electron chi connectivity index (χ0n) is 17.2. The molecule has 1 atom stereocenters. The number of rotatable bonds is 8. The van der Waals surface area contributed by atoms with Crippen LogP contribution in [0.3, 0.4) is 0 Å². The number of carbonyl (C=O) groups excluding carboxylic acids is 1. The monoisotopic (exact) mass is 416 g/mol. The van der Waals surface area contributed by atoms with Crippen LogP contribution in [0.2, 0.25) is 0 Å². The van der Waals surface area contributed by atoms with E-state index >= 15 is 0 Å². The van der Waals surface area contributed by atoms with Crippen LogP contribution in [0.1, 0.15) is 24.1 Å². The van der Waals surface area contributed by atoms with Crippen LogP contribution in [0.25, 0.3) is 16.7 Å². The van der Waals surface area contributed by atoms with Crippen molar-refractivity contribution in [3.63, 3.8) is 0 Å². The Morgan fingerprint density at radius 2 is 1.71 bits per heavy atom. The average molecular weight is 416 g/mol. The lowest BCUT2D eigenvalue weighted by molar-refractivity contribution is -0.123. The molecule has 158 valence electrons. The van der Waals surface area contributed by atoms with Crippen molar-refractivity contribution in [2.24, 2.45) is 0 Å². The van der Waals surface area contributed by atoms with Crippen LogP contribution >= 0.6 is 0 Å². The van der Waals surface area contributed by atoms with Crippen LogP contribution in [0, 0.1) is 0 Å². The zero-order valence-corrected chi connectivity index (χ0v) is 17.2. The molecule has 0 aliphatic carbocycles. The Kier molecular flexibility index (Phi) is 6.24. The number of carbonyl (C=O) groups is 1. The largest absolute Gasteiger partial charge is 0.481 e. The second kappa shape index (κ2) is 9.40. The number of ether oxygens (including phenoxy) is 1. The number of benzene rings is 3. The minimum absolute atomic E-state index is 0.0357. The lowest BCUT2D eigenvalue weighted by atomic mass is 10.1. The number of aromatic nitrogens is 3. The molecule has 0 saturated carbocycles. The van der Waals surface area contributed by atoms with Crippen molar-refractivity contribution in [3.8, 4) is 11.4 Å². The van der Waals surface area contributed by atoms with Crippen LogP contribution in [0.4, 0.5) is 0 Å². The summed E-state index contributed by atoms with van der Waals surface area (Å²) in [6.45, 7) is 1.83. The van der Waals surface area contributed by atoms with E-state index in [0.29, 0.717) is 17.9 Å². The summed E-state index contributed by atoms with van der Waals surface area (Å²) in [5.41, 5.74) is 4.09. The highest BCUT2D eigenvalue weighted by atomic mass is 16.5. The number of nitrogens with one attached hydrogen (secondary N) is 1. The Morgan fingerprint density at radius 3 is 2.39 bits per heavy atom. The third-order valence-corrected chi connectivity index (χ3v) is 4.96. The molecule has 0 aliphatic heterocycles. The lowest BCUT2D eigenvalue weighted by Gasteiger charge is -2.16. The van der Waals surface area contributed by atoms with Crippen LogP contribution in [-0.4, -0.2) is 39.2 Å². The van der Waals surface area contributed by atoms with Gasteiger partial charge in [-0.25, -0.2) is 0 Å². The summed E-state index contributed by atoms with van der Waals surface area (Å²) in [6, 6.07) is 22.7. The van der Waals surface area contributed by atoms with Gasteiger partial charge in [0.2, 0.25) is 0 Å². The topological polar surface area (TPSA) is 89.3 Å². The van der Waals surface area contributed by atoms with Gasteiger partial charge in [0.1, 0.15) is 22.5 Å².